The maximum Gasteiger partial charge on any atom is 0.179 e. The minimum Gasteiger partial charge on any atom is -0.389 e. The van der Waals surface area contributed by atoms with Gasteiger partial charge in [0.2, 0.25) is 0 Å². The van der Waals surface area contributed by atoms with E-state index in [0.717, 1.165) is 5.56 Å². The topological polar surface area (TPSA) is 73.1 Å². The van der Waals surface area contributed by atoms with E-state index in [-0.39, 0.29) is 19.3 Å². The van der Waals surface area contributed by atoms with Crippen LogP contribution in [-0.4, -0.2) is 44.1 Å². The molecular weight excluding hydrogens is 327 g/mol. The second kappa shape index (κ2) is 7.87. The number of hydrogen-bond donors (Lipinski definition) is 1. The van der Waals surface area contributed by atoms with Crippen molar-refractivity contribution >= 4 is 23.2 Å². The summed E-state index contributed by atoms with van der Waals surface area (Å²) in [5.41, 5.74) is 0.942. The van der Waals surface area contributed by atoms with E-state index in [2.05, 4.69) is 15.4 Å². The van der Waals surface area contributed by atoms with Crippen molar-refractivity contribution in [2.75, 3.05) is 6.61 Å². The van der Waals surface area contributed by atoms with Gasteiger partial charge in [-0.05, 0) is 36.8 Å². The van der Waals surface area contributed by atoms with Crippen LogP contribution in [0.3, 0.4) is 0 Å². The van der Waals surface area contributed by atoms with Gasteiger partial charge in [-0.15, -0.1) is 10.2 Å². The minimum atomic E-state index is -0.672. The molecule has 1 atom stereocenters. The highest BCUT2D eigenvalue weighted by molar-refractivity contribution is 6.42. The predicted molar refractivity (Wildman–Crippen MR) is 84.2 cm³/mol. The normalized spacial score (nSPS) is 12.8. The third-order valence-corrected chi connectivity index (χ3v) is 3.58. The van der Waals surface area contributed by atoms with E-state index in [1.807, 2.05) is 19.9 Å². The van der Waals surface area contributed by atoms with Crippen molar-refractivity contribution in [3.8, 4) is 0 Å². The fraction of sp³-hybridized carbons (Fsp3) is 0.500. The van der Waals surface area contributed by atoms with E-state index >= 15 is 0 Å². The third-order valence-electron chi connectivity index (χ3n) is 2.84. The second-order valence-corrected chi connectivity index (χ2v) is 6.04. The van der Waals surface area contributed by atoms with Crippen LogP contribution in [0.5, 0.6) is 0 Å². The van der Waals surface area contributed by atoms with Crippen LogP contribution in [0.2, 0.25) is 10.0 Å². The molecule has 6 nitrogen and oxygen atoms in total. The molecule has 2 aromatic rings. The minimum absolute atomic E-state index is 0.0727. The lowest BCUT2D eigenvalue weighted by Gasteiger charge is -2.12. The quantitative estimate of drug-likeness (QED) is 0.834. The standard InChI is InChI=1S/C14H18Cl2N4O2/c1-9(2)22-8-11(21)7-20-18-14(17-19-20)6-10-3-4-12(15)13(16)5-10/h3-5,9,11,21H,6-8H2,1-2H3. The number of tetrazole rings is 1. The smallest absolute Gasteiger partial charge is 0.179 e. The van der Waals surface area contributed by atoms with Crippen molar-refractivity contribution in [3.05, 3.63) is 39.6 Å². The van der Waals surface area contributed by atoms with Crippen molar-refractivity contribution in [1.82, 2.24) is 20.2 Å². The van der Waals surface area contributed by atoms with Crippen LogP contribution in [0.25, 0.3) is 0 Å². The molecular formula is C14H18Cl2N4O2. The molecule has 0 saturated carbocycles. The number of rotatable bonds is 7. The fourth-order valence-corrected chi connectivity index (χ4v) is 2.12. The molecule has 1 unspecified atom stereocenters. The molecule has 1 aromatic heterocycles. The first kappa shape index (κ1) is 17.1. The molecule has 1 heterocycles. The summed E-state index contributed by atoms with van der Waals surface area (Å²) in [6.45, 7) is 4.30. The fourth-order valence-electron chi connectivity index (χ4n) is 1.80. The zero-order valence-electron chi connectivity index (χ0n) is 12.4. The Kier molecular flexibility index (Phi) is 6.14. The average Bonchev–Trinajstić information content (AvgIpc) is 2.88. The number of ether oxygens (including phenoxy) is 1. The van der Waals surface area contributed by atoms with Crippen molar-refractivity contribution in [2.45, 2.75) is 39.0 Å². The molecule has 1 N–H and O–H groups in total. The Morgan fingerprint density at radius 2 is 2.05 bits per heavy atom. The van der Waals surface area contributed by atoms with Gasteiger partial charge in [-0.25, -0.2) is 0 Å². The number of halogens is 2. The lowest BCUT2D eigenvalue weighted by atomic mass is 10.1. The summed E-state index contributed by atoms with van der Waals surface area (Å²) in [6, 6.07) is 5.37. The van der Waals surface area contributed by atoms with Crippen LogP contribution < -0.4 is 0 Å². The lowest BCUT2D eigenvalue weighted by Crippen LogP contribution is -2.25. The van der Waals surface area contributed by atoms with E-state index < -0.39 is 6.10 Å². The van der Waals surface area contributed by atoms with Crippen molar-refractivity contribution in [3.63, 3.8) is 0 Å². The summed E-state index contributed by atoms with van der Waals surface area (Å²) in [5, 5.41) is 22.9. The molecule has 0 aliphatic heterocycles. The monoisotopic (exact) mass is 344 g/mol. The SMILES string of the molecule is CC(C)OCC(O)Cn1nnc(Cc2ccc(Cl)c(Cl)c2)n1. The van der Waals surface area contributed by atoms with Gasteiger partial charge >= 0.3 is 0 Å². The summed E-state index contributed by atoms with van der Waals surface area (Å²) in [6.07, 6.45) is -0.104. The molecule has 0 amide bonds. The first-order valence-electron chi connectivity index (χ1n) is 6.94. The molecule has 8 heteroatoms. The van der Waals surface area contributed by atoms with Crippen LogP contribution in [0.1, 0.15) is 25.2 Å². The van der Waals surface area contributed by atoms with Crippen LogP contribution >= 0.6 is 23.2 Å². The second-order valence-electron chi connectivity index (χ2n) is 5.22. The average molecular weight is 345 g/mol. The Balaban J connectivity index is 1.92. The van der Waals surface area contributed by atoms with Gasteiger partial charge in [-0.1, -0.05) is 29.3 Å². The number of aliphatic hydroxyl groups excluding tert-OH is 1. The third kappa shape index (κ3) is 5.21. The summed E-state index contributed by atoms with van der Waals surface area (Å²) in [7, 11) is 0. The Bertz CT molecular complexity index is 619. The number of aliphatic hydroxyl groups is 1. The largest absolute Gasteiger partial charge is 0.389 e. The van der Waals surface area contributed by atoms with Crippen LogP contribution in [-0.2, 0) is 17.7 Å². The first-order valence-corrected chi connectivity index (χ1v) is 7.70. The molecule has 0 saturated heterocycles. The number of aromatic nitrogens is 4. The number of benzene rings is 1. The molecule has 120 valence electrons. The predicted octanol–water partition coefficient (Wildman–Crippen LogP) is 2.36. The van der Waals surface area contributed by atoms with Crippen molar-refractivity contribution in [2.24, 2.45) is 0 Å². The van der Waals surface area contributed by atoms with Gasteiger partial charge in [0.05, 0.1) is 35.4 Å². The molecule has 0 spiro atoms. The lowest BCUT2D eigenvalue weighted by molar-refractivity contribution is -0.00382. The molecule has 1 aromatic carbocycles. The van der Waals surface area contributed by atoms with E-state index in [1.54, 1.807) is 12.1 Å². The highest BCUT2D eigenvalue weighted by Crippen LogP contribution is 2.23. The van der Waals surface area contributed by atoms with Gasteiger partial charge in [-0.3, -0.25) is 0 Å². The summed E-state index contributed by atoms with van der Waals surface area (Å²) in [4.78, 5) is 1.36. The molecule has 0 fully saturated rings. The van der Waals surface area contributed by atoms with E-state index in [9.17, 15) is 5.11 Å². The summed E-state index contributed by atoms with van der Waals surface area (Å²) < 4.78 is 5.34. The molecule has 22 heavy (non-hydrogen) atoms. The van der Waals surface area contributed by atoms with Crippen LogP contribution in [0.4, 0.5) is 0 Å². The van der Waals surface area contributed by atoms with Gasteiger partial charge in [0, 0.05) is 6.42 Å². The Labute approximate surface area is 139 Å². The van der Waals surface area contributed by atoms with Crippen LogP contribution in [0.15, 0.2) is 18.2 Å². The Morgan fingerprint density at radius 3 is 2.73 bits per heavy atom. The van der Waals surface area contributed by atoms with Gasteiger partial charge < -0.3 is 9.84 Å². The van der Waals surface area contributed by atoms with Crippen LogP contribution in [0, 0.1) is 0 Å². The molecule has 0 bridgehead atoms. The number of hydrogen-bond acceptors (Lipinski definition) is 5. The first-order chi connectivity index (χ1) is 10.4. The molecule has 0 radical (unpaired) electrons. The maximum atomic E-state index is 9.83. The summed E-state index contributed by atoms with van der Waals surface area (Å²) in [5.74, 6) is 0.551. The zero-order valence-corrected chi connectivity index (χ0v) is 13.9. The summed E-state index contributed by atoms with van der Waals surface area (Å²) >= 11 is 11.9. The number of nitrogens with zero attached hydrogens (tertiary/aromatic N) is 4. The Morgan fingerprint density at radius 1 is 1.27 bits per heavy atom. The van der Waals surface area contributed by atoms with Gasteiger partial charge in [0.1, 0.15) is 0 Å². The maximum absolute atomic E-state index is 9.83. The van der Waals surface area contributed by atoms with Crippen molar-refractivity contribution < 1.29 is 9.84 Å². The van der Waals surface area contributed by atoms with Gasteiger partial charge in [0.15, 0.2) is 5.82 Å². The van der Waals surface area contributed by atoms with E-state index in [1.165, 1.54) is 4.80 Å². The van der Waals surface area contributed by atoms with Crippen molar-refractivity contribution in [1.29, 1.82) is 0 Å². The van der Waals surface area contributed by atoms with Gasteiger partial charge in [0.25, 0.3) is 0 Å². The molecule has 2 rings (SSSR count). The Hall–Kier alpha value is -1.21. The van der Waals surface area contributed by atoms with E-state index in [4.69, 9.17) is 27.9 Å². The van der Waals surface area contributed by atoms with E-state index in [0.29, 0.717) is 22.3 Å². The molecule has 0 aliphatic rings. The zero-order chi connectivity index (χ0) is 16.1. The van der Waals surface area contributed by atoms with Gasteiger partial charge in [-0.2, -0.15) is 4.80 Å². The highest BCUT2D eigenvalue weighted by Gasteiger charge is 2.11. The highest BCUT2D eigenvalue weighted by atomic mass is 35.5. The molecule has 0 aliphatic carbocycles.